The molecule has 0 saturated carbocycles. The number of ether oxygens (including phenoxy) is 3. The normalized spacial score (nSPS) is 10.7. The Morgan fingerprint density at radius 1 is 1.10 bits per heavy atom. The zero-order valence-electron chi connectivity index (χ0n) is 16.4. The highest BCUT2D eigenvalue weighted by atomic mass is 16.5. The smallest absolute Gasteiger partial charge is 0.373 e. The van der Waals surface area contributed by atoms with Gasteiger partial charge in [-0.25, -0.2) is 10.2 Å². The van der Waals surface area contributed by atoms with Gasteiger partial charge < -0.3 is 23.0 Å². The predicted molar refractivity (Wildman–Crippen MR) is 106 cm³/mol. The number of nitrogens with one attached hydrogen (secondary N) is 1. The van der Waals surface area contributed by atoms with E-state index in [1.165, 1.54) is 31.7 Å². The molecule has 30 heavy (non-hydrogen) atoms. The summed E-state index contributed by atoms with van der Waals surface area (Å²) < 4.78 is 26.4. The fraction of sp³-hybridized carbons (Fsp3) is 0.190. The number of carbonyl (C=O) groups excluding carboxylic acids is 2. The van der Waals surface area contributed by atoms with Crippen LogP contribution in [0.3, 0.4) is 0 Å². The van der Waals surface area contributed by atoms with Crippen LogP contribution in [0, 0.1) is 0 Å². The van der Waals surface area contributed by atoms with Crippen LogP contribution in [0.15, 0.2) is 62.7 Å². The van der Waals surface area contributed by atoms with Crippen molar-refractivity contribution in [1.29, 1.82) is 0 Å². The highest BCUT2D eigenvalue weighted by Gasteiger charge is 2.13. The summed E-state index contributed by atoms with van der Waals surface area (Å²) in [4.78, 5) is 23.3. The van der Waals surface area contributed by atoms with Gasteiger partial charge in [-0.3, -0.25) is 4.79 Å². The second-order valence-electron chi connectivity index (χ2n) is 5.86. The van der Waals surface area contributed by atoms with Crippen molar-refractivity contribution in [3.8, 4) is 11.5 Å². The number of hydrogen-bond acceptors (Lipinski definition) is 8. The molecule has 0 saturated heterocycles. The summed E-state index contributed by atoms with van der Waals surface area (Å²) >= 11 is 0. The summed E-state index contributed by atoms with van der Waals surface area (Å²) in [6.07, 6.45) is 2.88. The molecule has 1 aromatic carbocycles. The van der Waals surface area contributed by atoms with Crippen molar-refractivity contribution in [1.82, 2.24) is 5.43 Å². The number of hydrogen-bond donors (Lipinski definition) is 1. The molecular weight excluding hydrogens is 392 g/mol. The van der Waals surface area contributed by atoms with E-state index < -0.39 is 11.9 Å². The van der Waals surface area contributed by atoms with Crippen LogP contribution in [0.1, 0.15) is 39.4 Å². The second-order valence-corrected chi connectivity index (χ2v) is 5.86. The highest BCUT2D eigenvalue weighted by molar-refractivity contribution is 5.92. The quantitative estimate of drug-likeness (QED) is 0.326. The van der Waals surface area contributed by atoms with Gasteiger partial charge in [-0.1, -0.05) is 0 Å². The first-order chi connectivity index (χ1) is 14.6. The van der Waals surface area contributed by atoms with E-state index in [2.05, 4.69) is 15.3 Å². The molecule has 1 N–H and O–H groups in total. The largest absolute Gasteiger partial charge is 0.490 e. The van der Waals surface area contributed by atoms with Crippen LogP contribution >= 0.6 is 0 Å². The third-order valence-corrected chi connectivity index (χ3v) is 3.81. The van der Waals surface area contributed by atoms with Gasteiger partial charge in [0.2, 0.25) is 5.76 Å². The number of methoxy groups -OCH3 is 1. The second kappa shape index (κ2) is 9.97. The molecule has 9 heteroatoms. The first-order valence-corrected chi connectivity index (χ1v) is 9.04. The van der Waals surface area contributed by atoms with Crippen molar-refractivity contribution in [2.24, 2.45) is 5.10 Å². The van der Waals surface area contributed by atoms with Gasteiger partial charge in [0.1, 0.15) is 12.4 Å². The molecule has 3 aromatic rings. The molecule has 0 unspecified atom stereocenters. The van der Waals surface area contributed by atoms with Crippen LogP contribution in [-0.4, -0.2) is 31.8 Å². The van der Waals surface area contributed by atoms with Gasteiger partial charge >= 0.3 is 11.9 Å². The molecule has 0 atom stereocenters. The van der Waals surface area contributed by atoms with E-state index in [4.69, 9.17) is 18.3 Å². The lowest BCUT2D eigenvalue weighted by Crippen LogP contribution is -2.16. The molecule has 0 spiro atoms. The third kappa shape index (κ3) is 5.28. The van der Waals surface area contributed by atoms with Crippen molar-refractivity contribution >= 4 is 18.1 Å². The Kier molecular flexibility index (Phi) is 6.88. The summed E-state index contributed by atoms with van der Waals surface area (Å²) in [7, 11) is 1.28. The van der Waals surface area contributed by atoms with Crippen LogP contribution in [0.5, 0.6) is 11.5 Å². The van der Waals surface area contributed by atoms with Gasteiger partial charge in [-0.15, -0.1) is 0 Å². The lowest BCUT2D eigenvalue weighted by atomic mass is 10.2. The summed E-state index contributed by atoms with van der Waals surface area (Å²) in [6.45, 7) is 2.38. The molecule has 2 heterocycles. The molecule has 2 aromatic heterocycles. The van der Waals surface area contributed by atoms with Crippen LogP contribution in [0.4, 0.5) is 0 Å². The van der Waals surface area contributed by atoms with E-state index in [-0.39, 0.29) is 18.1 Å². The summed E-state index contributed by atoms with van der Waals surface area (Å²) in [5.74, 6) is 0.709. The van der Waals surface area contributed by atoms with Crippen molar-refractivity contribution in [3.63, 3.8) is 0 Å². The van der Waals surface area contributed by atoms with Crippen molar-refractivity contribution in [2.75, 3.05) is 13.7 Å². The maximum Gasteiger partial charge on any atom is 0.373 e. The molecule has 0 bridgehead atoms. The summed E-state index contributed by atoms with van der Waals surface area (Å²) in [5, 5.41) is 3.91. The summed E-state index contributed by atoms with van der Waals surface area (Å²) in [5.41, 5.74) is 3.07. The zero-order chi connectivity index (χ0) is 21.3. The van der Waals surface area contributed by atoms with Gasteiger partial charge in [-0.2, -0.15) is 5.10 Å². The number of carbonyl (C=O) groups is 2. The average Bonchev–Trinajstić information content (AvgIpc) is 3.45. The molecular formula is C21H20N2O7. The molecule has 0 radical (unpaired) electrons. The minimum Gasteiger partial charge on any atom is -0.490 e. The number of benzene rings is 1. The lowest BCUT2D eigenvalue weighted by molar-refractivity contribution is 0.0560. The Morgan fingerprint density at radius 3 is 2.70 bits per heavy atom. The van der Waals surface area contributed by atoms with Gasteiger partial charge in [0.25, 0.3) is 0 Å². The standard InChI is InChI=1S/C21H20N2O7/c1-3-27-19-11-14(12-22-23-20(24)17-5-4-10-28-17)6-8-16(19)29-13-15-7-9-18(30-15)21(25)26-2/h4-12H,3,13H2,1-2H3,(H,23,24)/b22-12-. The first kappa shape index (κ1) is 20.7. The van der Waals surface area contributed by atoms with Crippen molar-refractivity contribution < 1.29 is 32.6 Å². The van der Waals surface area contributed by atoms with Gasteiger partial charge in [0.05, 0.1) is 26.2 Å². The highest BCUT2D eigenvalue weighted by Crippen LogP contribution is 2.29. The zero-order valence-corrected chi connectivity index (χ0v) is 16.4. The molecule has 1 amide bonds. The van der Waals surface area contributed by atoms with Crippen molar-refractivity contribution in [3.05, 3.63) is 71.6 Å². The average molecular weight is 412 g/mol. The van der Waals surface area contributed by atoms with Crippen LogP contribution in [0.25, 0.3) is 0 Å². The van der Waals surface area contributed by atoms with E-state index in [0.717, 1.165) is 0 Å². The Bertz CT molecular complexity index is 1020. The minimum absolute atomic E-state index is 0.101. The predicted octanol–water partition coefficient (Wildman–Crippen LogP) is 3.40. The molecule has 156 valence electrons. The molecule has 0 aliphatic heterocycles. The van der Waals surface area contributed by atoms with E-state index in [9.17, 15) is 9.59 Å². The maximum atomic E-state index is 11.8. The third-order valence-electron chi connectivity index (χ3n) is 3.81. The van der Waals surface area contributed by atoms with Crippen molar-refractivity contribution in [2.45, 2.75) is 13.5 Å². The van der Waals surface area contributed by atoms with Gasteiger partial charge in [0, 0.05) is 0 Å². The van der Waals surface area contributed by atoms with E-state index in [1.54, 1.807) is 30.3 Å². The summed E-state index contributed by atoms with van der Waals surface area (Å²) in [6, 6.07) is 11.5. The van der Waals surface area contributed by atoms with Crippen LogP contribution in [0.2, 0.25) is 0 Å². The number of hydrazone groups is 1. The topological polar surface area (TPSA) is 112 Å². The molecule has 3 rings (SSSR count). The van der Waals surface area contributed by atoms with E-state index >= 15 is 0 Å². The van der Waals surface area contributed by atoms with Gasteiger partial charge in [0.15, 0.2) is 17.3 Å². The molecule has 0 fully saturated rings. The Balaban J connectivity index is 1.64. The number of esters is 1. The Morgan fingerprint density at radius 2 is 1.97 bits per heavy atom. The minimum atomic E-state index is -0.556. The number of furan rings is 2. The van der Waals surface area contributed by atoms with Gasteiger partial charge in [-0.05, 0) is 55.0 Å². The fourth-order valence-electron chi connectivity index (χ4n) is 2.44. The first-order valence-electron chi connectivity index (χ1n) is 9.04. The van der Waals surface area contributed by atoms with E-state index in [0.29, 0.717) is 29.4 Å². The Hall–Kier alpha value is -4.01. The number of rotatable bonds is 9. The molecule has 9 nitrogen and oxygen atoms in total. The maximum absolute atomic E-state index is 11.8. The molecule has 0 aliphatic rings. The Labute approximate surface area is 172 Å². The fourth-order valence-corrected chi connectivity index (χ4v) is 2.44. The van der Waals surface area contributed by atoms with Crippen LogP contribution < -0.4 is 14.9 Å². The monoisotopic (exact) mass is 412 g/mol. The molecule has 0 aliphatic carbocycles. The number of nitrogens with zero attached hydrogens (tertiary/aromatic N) is 1. The van der Waals surface area contributed by atoms with Crippen LogP contribution in [-0.2, 0) is 11.3 Å². The lowest BCUT2D eigenvalue weighted by Gasteiger charge is -2.11. The number of amides is 1. The van der Waals surface area contributed by atoms with E-state index in [1.807, 2.05) is 6.92 Å². The SMILES string of the molecule is CCOc1cc(/C=N\NC(=O)c2ccco2)ccc1OCc1ccc(C(=O)OC)o1.